The minimum Gasteiger partial charge on any atom is -1.00 e. The average molecular weight is 330 g/mol. The lowest BCUT2D eigenvalue weighted by atomic mass is 10.4. The van der Waals surface area contributed by atoms with Gasteiger partial charge in [-0.2, -0.15) is 0 Å². The summed E-state index contributed by atoms with van der Waals surface area (Å²) >= 11 is 5.51. The third-order valence-electron chi connectivity index (χ3n) is 2.32. The lowest BCUT2D eigenvalue weighted by Gasteiger charge is -1.98. The molecule has 2 rings (SSSR count). The Hall–Kier alpha value is 0.780. The van der Waals surface area contributed by atoms with Crippen molar-refractivity contribution in [1.29, 1.82) is 0 Å². The van der Waals surface area contributed by atoms with Gasteiger partial charge in [-0.05, 0) is 24.6 Å². The fourth-order valence-electron chi connectivity index (χ4n) is 1.63. The molecule has 0 aliphatic carbocycles. The smallest absolute Gasteiger partial charge is 0.306 e. The molecule has 0 bridgehead atoms. The van der Waals surface area contributed by atoms with Crippen LogP contribution < -0.4 is 22.3 Å². The molecule has 0 aromatic carbocycles. The molecule has 2 aliphatic rings. The van der Waals surface area contributed by atoms with Crippen LogP contribution in [-0.2, 0) is 0 Å². The number of alkyl halides is 1. The molecule has 2 heterocycles. The van der Waals surface area contributed by atoms with Gasteiger partial charge in [0.25, 0.3) is 0 Å². The molecule has 0 radical (unpaired) electrons. The van der Waals surface area contributed by atoms with E-state index in [-0.39, 0.29) is 17.0 Å². The Kier molecular flexibility index (Phi) is 5.11. The van der Waals surface area contributed by atoms with Gasteiger partial charge in [-0.15, -0.1) is 0 Å². The Bertz CT molecular complexity index is 200. The number of amidine groups is 1. The van der Waals surface area contributed by atoms with Crippen LogP contribution in [0.2, 0.25) is 0 Å². The lowest BCUT2D eigenvalue weighted by molar-refractivity contribution is -0.505. The normalized spacial score (nSPS) is 27.3. The van der Waals surface area contributed by atoms with Crippen molar-refractivity contribution in [2.24, 2.45) is 0 Å². The Morgan fingerprint density at radius 1 is 1.46 bits per heavy atom. The van der Waals surface area contributed by atoms with E-state index in [0.29, 0.717) is 0 Å². The van der Waals surface area contributed by atoms with Crippen molar-refractivity contribution in [3.8, 4) is 0 Å². The maximum Gasteiger partial charge on any atom is 0.306 e. The van der Waals surface area contributed by atoms with Gasteiger partial charge < -0.3 is 17.0 Å². The Labute approximate surface area is 102 Å². The first-order valence-electron chi connectivity index (χ1n) is 4.48. The Morgan fingerprint density at radius 3 is 2.69 bits per heavy atom. The largest absolute Gasteiger partial charge is 1.00 e. The van der Waals surface area contributed by atoms with Crippen LogP contribution in [-0.4, -0.2) is 40.0 Å². The van der Waals surface area contributed by atoms with Crippen molar-refractivity contribution in [2.75, 3.05) is 25.0 Å². The van der Waals surface area contributed by atoms with Crippen LogP contribution in [0.3, 0.4) is 0 Å². The van der Waals surface area contributed by atoms with Crippen LogP contribution in [0.5, 0.6) is 0 Å². The fourth-order valence-corrected chi connectivity index (χ4v) is 3.30. The number of nitrogens with one attached hydrogen (secondary N) is 1. The summed E-state index contributed by atoms with van der Waals surface area (Å²) in [5.74, 6) is 0. The van der Waals surface area contributed by atoms with Crippen LogP contribution in [0, 0.1) is 0 Å². The predicted molar refractivity (Wildman–Crippen MR) is 57.4 cm³/mol. The molecule has 0 saturated carbocycles. The number of rotatable bonds is 1. The summed E-state index contributed by atoms with van der Waals surface area (Å²) in [7, 11) is 0. The zero-order chi connectivity index (χ0) is 8.39. The van der Waals surface area contributed by atoms with Crippen molar-refractivity contribution in [2.45, 2.75) is 18.1 Å². The quantitative estimate of drug-likeness (QED) is 0.453. The fraction of sp³-hybridized carbons (Fsp3) is 0.875. The zero-order valence-electron chi connectivity index (χ0n) is 7.43. The van der Waals surface area contributed by atoms with Gasteiger partial charge in [0.1, 0.15) is 0 Å². The van der Waals surface area contributed by atoms with Crippen LogP contribution in [0.25, 0.3) is 0 Å². The van der Waals surface area contributed by atoms with Gasteiger partial charge in [0.15, 0.2) is 0 Å². The molecular weight excluding hydrogens is 316 g/mol. The molecule has 5 heteroatoms. The molecule has 2 aliphatic heterocycles. The van der Waals surface area contributed by atoms with Gasteiger partial charge in [-0.25, -0.2) is 0 Å². The molecule has 2 fully saturated rings. The SMILES string of the molecule is BrCC1CNC(=[N+]2CCCC2)S1.[Br-]. The van der Waals surface area contributed by atoms with E-state index in [2.05, 4.69) is 25.8 Å². The summed E-state index contributed by atoms with van der Waals surface area (Å²) in [6, 6.07) is 0. The number of nitrogens with zero attached hydrogens (tertiary/aromatic N) is 1. The van der Waals surface area contributed by atoms with Crippen molar-refractivity contribution in [3.63, 3.8) is 0 Å². The molecule has 1 atom stereocenters. The van der Waals surface area contributed by atoms with E-state index in [1.165, 1.54) is 31.1 Å². The van der Waals surface area contributed by atoms with E-state index >= 15 is 0 Å². The first-order valence-corrected chi connectivity index (χ1v) is 6.48. The van der Waals surface area contributed by atoms with Crippen LogP contribution >= 0.6 is 27.7 Å². The number of hydrogen-bond donors (Lipinski definition) is 1. The summed E-state index contributed by atoms with van der Waals surface area (Å²) in [5, 5.41) is 6.72. The van der Waals surface area contributed by atoms with E-state index in [1.807, 2.05) is 11.8 Å². The number of halogens is 2. The second-order valence-corrected chi connectivity index (χ2v) is 5.21. The van der Waals surface area contributed by atoms with Crippen molar-refractivity contribution in [1.82, 2.24) is 5.32 Å². The third kappa shape index (κ3) is 2.86. The summed E-state index contributed by atoms with van der Waals surface area (Å²) in [6.45, 7) is 3.64. The van der Waals surface area contributed by atoms with Gasteiger partial charge in [0.05, 0.1) is 24.9 Å². The molecule has 76 valence electrons. The van der Waals surface area contributed by atoms with Gasteiger partial charge in [0, 0.05) is 5.33 Å². The zero-order valence-corrected chi connectivity index (χ0v) is 11.4. The van der Waals surface area contributed by atoms with Gasteiger partial charge in [-0.1, -0.05) is 15.9 Å². The number of hydrogen-bond acceptors (Lipinski definition) is 1. The maximum absolute atomic E-state index is 3.52. The topological polar surface area (TPSA) is 15.0 Å². The van der Waals surface area contributed by atoms with Gasteiger partial charge >= 0.3 is 5.17 Å². The molecule has 0 spiro atoms. The average Bonchev–Trinajstić information content (AvgIpc) is 2.75. The molecule has 2 saturated heterocycles. The second-order valence-electron chi connectivity index (χ2n) is 3.27. The summed E-state index contributed by atoms with van der Waals surface area (Å²) < 4.78 is 2.48. The van der Waals surface area contributed by atoms with E-state index in [1.54, 1.807) is 0 Å². The predicted octanol–water partition coefficient (Wildman–Crippen LogP) is -1.75. The van der Waals surface area contributed by atoms with Gasteiger partial charge in [-0.3, -0.25) is 9.89 Å². The highest BCUT2D eigenvalue weighted by molar-refractivity contribution is 9.09. The monoisotopic (exact) mass is 328 g/mol. The molecule has 1 unspecified atom stereocenters. The summed E-state index contributed by atoms with van der Waals surface area (Å²) in [6.07, 6.45) is 2.73. The molecule has 2 nitrogen and oxygen atoms in total. The minimum absolute atomic E-state index is 0. The Balaban J connectivity index is 0.000000845. The third-order valence-corrected chi connectivity index (χ3v) is 4.83. The summed E-state index contributed by atoms with van der Waals surface area (Å²) in [4.78, 5) is 0. The first kappa shape index (κ1) is 11.9. The maximum atomic E-state index is 3.52. The molecule has 0 aromatic rings. The highest BCUT2D eigenvalue weighted by atomic mass is 79.9. The van der Waals surface area contributed by atoms with Gasteiger partial charge in [0.2, 0.25) is 0 Å². The highest BCUT2D eigenvalue weighted by Crippen LogP contribution is 2.20. The van der Waals surface area contributed by atoms with E-state index in [0.717, 1.165) is 17.1 Å². The highest BCUT2D eigenvalue weighted by Gasteiger charge is 2.29. The van der Waals surface area contributed by atoms with Crippen molar-refractivity contribution < 1.29 is 21.6 Å². The van der Waals surface area contributed by atoms with Crippen LogP contribution in [0.1, 0.15) is 12.8 Å². The summed E-state index contributed by atoms with van der Waals surface area (Å²) in [5.41, 5.74) is 0. The molecule has 13 heavy (non-hydrogen) atoms. The van der Waals surface area contributed by atoms with E-state index < -0.39 is 0 Å². The Morgan fingerprint density at radius 2 is 2.15 bits per heavy atom. The first-order chi connectivity index (χ1) is 5.90. The van der Waals surface area contributed by atoms with E-state index in [4.69, 9.17) is 0 Å². The molecule has 1 N–H and O–H groups in total. The van der Waals surface area contributed by atoms with Crippen molar-refractivity contribution >= 4 is 32.9 Å². The second kappa shape index (κ2) is 5.61. The minimum atomic E-state index is 0. The van der Waals surface area contributed by atoms with Crippen molar-refractivity contribution in [3.05, 3.63) is 0 Å². The van der Waals surface area contributed by atoms with Crippen LogP contribution in [0.15, 0.2) is 0 Å². The van der Waals surface area contributed by atoms with Crippen LogP contribution in [0.4, 0.5) is 0 Å². The molecule has 0 amide bonds. The number of thioether (sulfide) groups is 1. The van der Waals surface area contributed by atoms with E-state index in [9.17, 15) is 0 Å². The lowest BCUT2D eigenvalue weighted by Crippen LogP contribution is -3.00. The molecular formula is C8H14Br2N2S. The standard InChI is InChI=1S/C8H13BrN2S.BrH/c9-5-7-6-10-8(12-7)11-3-1-2-4-11;/h7H,1-6H2;1H. The molecule has 0 aromatic heterocycles.